The number of amides is 1. The molecule has 0 aliphatic heterocycles. The Hall–Kier alpha value is -3.63. The number of hydrogen-bond donors (Lipinski definition) is 1. The summed E-state index contributed by atoms with van der Waals surface area (Å²) in [6.07, 6.45) is 3.31. The first-order chi connectivity index (χ1) is 15.8. The molecule has 0 fully saturated rings. The molecule has 158 valence electrons. The highest BCUT2D eigenvalue weighted by molar-refractivity contribution is 7.98. The molecule has 0 saturated carbocycles. The third-order valence-corrected chi connectivity index (χ3v) is 6.74. The molecule has 3 heterocycles. The predicted octanol–water partition coefficient (Wildman–Crippen LogP) is 3.89. The lowest BCUT2D eigenvalue weighted by Crippen LogP contribution is -2.22. The van der Waals surface area contributed by atoms with Crippen molar-refractivity contribution in [1.29, 1.82) is 0 Å². The summed E-state index contributed by atoms with van der Waals surface area (Å²) in [4.78, 5) is 21.2. The van der Waals surface area contributed by atoms with E-state index >= 15 is 0 Å². The van der Waals surface area contributed by atoms with Crippen molar-refractivity contribution in [1.82, 2.24) is 35.3 Å². The van der Waals surface area contributed by atoms with Gasteiger partial charge < -0.3 is 5.32 Å². The number of thioether (sulfide) groups is 1. The van der Waals surface area contributed by atoms with Crippen LogP contribution in [0.15, 0.2) is 78.2 Å². The summed E-state index contributed by atoms with van der Waals surface area (Å²) in [5.41, 5.74) is 2.71. The fourth-order valence-corrected chi connectivity index (χ4v) is 4.79. The smallest absolute Gasteiger partial charge is 0.282 e. The Bertz CT molecular complexity index is 1350. The van der Waals surface area contributed by atoms with E-state index in [-0.39, 0.29) is 5.91 Å². The van der Waals surface area contributed by atoms with Crippen LogP contribution in [-0.2, 0) is 12.3 Å². The van der Waals surface area contributed by atoms with E-state index in [4.69, 9.17) is 0 Å². The molecule has 0 saturated heterocycles. The highest BCUT2D eigenvalue weighted by Gasteiger charge is 2.15. The summed E-state index contributed by atoms with van der Waals surface area (Å²) >= 11 is 2.80. The SMILES string of the molecule is O=C(NCc1ccccc1)c1nnc(CSc2ncnc3c2cnn3-c2ccccc2)s1. The highest BCUT2D eigenvalue weighted by atomic mass is 32.2. The third kappa shape index (κ3) is 4.36. The van der Waals surface area contributed by atoms with Gasteiger partial charge in [-0.2, -0.15) is 5.10 Å². The highest BCUT2D eigenvalue weighted by Crippen LogP contribution is 2.29. The minimum absolute atomic E-state index is 0.226. The van der Waals surface area contributed by atoms with Gasteiger partial charge in [-0.25, -0.2) is 14.6 Å². The fraction of sp³-hybridized carbons (Fsp3) is 0.0909. The second-order valence-corrected chi connectivity index (χ2v) is 8.79. The van der Waals surface area contributed by atoms with Crippen molar-refractivity contribution in [3.8, 4) is 5.69 Å². The second kappa shape index (κ2) is 9.25. The van der Waals surface area contributed by atoms with Crippen molar-refractivity contribution in [2.75, 3.05) is 0 Å². The van der Waals surface area contributed by atoms with E-state index in [1.807, 2.05) is 60.7 Å². The molecule has 0 spiro atoms. The van der Waals surface area contributed by atoms with Gasteiger partial charge in [-0.05, 0) is 17.7 Å². The van der Waals surface area contributed by atoms with E-state index in [2.05, 4.69) is 30.6 Å². The molecule has 0 aliphatic rings. The van der Waals surface area contributed by atoms with Crippen LogP contribution in [0.1, 0.15) is 20.4 Å². The minimum Gasteiger partial charge on any atom is -0.346 e. The van der Waals surface area contributed by atoms with Gasteiger partial charge in [0, 0.05) is 6.54 Å². The Kier molecular flexibility index (Phi) is 5.86. The van der Waals surface area contributed by atoms with E-state index in [1.165, 1.54) is 29.4 Å². The van der Waals surface area contributed by atoms with Crippen molar-refractivity contribution in [3.63, 3.8) is 0 Å². The lowest BCUT2D eigenvalue weighted by atomic mass is 10.2. The van der Waals surface area contributed by atoms with Gasteiger partial charge >= 0.3 is 0 Å². The van der Waals surface area contributed by atoms with Crippen LogP contribution in [0.2, 0.25) is 0 Å². The number of carbonyl (C=O) groups is 1. The average Bonchev–Trinajstić information content (AvgIpc) is 3.50. The number of rotatable bonds is 7. The zero-order chi connectivity index (χ0) is 21.8. The first-order valence-electron chi connectivity index (χ1n) is 9.79. The zero-order valence-electron chi connectivity index (χ0n) is 16.8. The molecule has 0 bridgehead atoms. The largest absolute Gasteiger partial charge is 0.346 e. The molecular weight excluding hydrogens is 442 g/mol. The summed E-state index contributed by atoms with van der Waals surface area (Å²) in [6.45, 7) is 0.452. The molecule has 3 aromatic heterocycles. The summed E-state index contributed by atoms with van der Waals surface area (Å²) in [6, 6.07) is 19.6. The van der Waals surface area contributed by atoms with E-state index in [0.29, 0.717) is 17.3 Å². The van der Waals surface area contributed by atoms with Crippen LogP contribution < -0.4 is 5.32 Å². The Morgan fingerprint density at radius 1 is 1.00 bits per heavy atom. The number of nitrogens with zero attached hydrogens (tertiary/aromatic N) is 6. The van der Waals surface area contributed by atoms with Gasteiger partial charge in [0.2, 0.25) is 5.01 Å². The van der Waals surface area contributed by atoms with E-state index in [0.717, 1.165) is 32.3 Å². The molecule has 10 heteroatoms. The van der Waals surface area contributed by atoms with Gasteiger partial charge in [0.15, 0.2) is 5.65 Å². The first-order valence-corrected chi connectivity index (χ1v) is 11.6. The van der Waals surface area contributed by atoms with Crippen LogP contribution in [0, 0.1) is 0 Å². The van der Waals surface area contributed by atoms with Gasteiger partial charge in [0.25, 0.3) is 5.91 Å². The minimum atomic E-state index is -0.226. The van der Waals surface area contributed by atoms with Gasteiger partial charge in [-0.3, -0.25) is 4.79 Å². The summed E-state index contributed by atoms with van der Waals surface area (Å²) in [5.74, 6) is 0.322. The topological polar surface area (TPSA) is 98.5 Å². The summed E-state index contributed by atoms with van der Waals surface area (Å²) < 4.78 is 1.79. The molecule has 8 nitrogen and oxygen atoms in total. The molecule has 0 unspecified atom stereocenters. The van der Waals surface area contributed by atoms with E-state index < -0.39 is 0 Å². The van der Waals surface area contributed by atoms with Crippen molar-refractivity contribution >= 4 is 40.0 Å². The van der Waals surface area contributed by atoms with Crippen molar-refractivity contribution in [3.05, 3.63) is 88.8 Å². The maximum Gasteiger partial charge on any atom is 0.282 e. The Morgan fingerprint density at radius 2 is 1.78 bits per heavy atom. The quantitative estimate of drug-likeness (QED) is 0.291. The van der Waals surface area contributed by atoms with Crippen LogP contribution in [0.3, 0.4) is 0 Å². The lowest BCUT2D eigenvalue weighted by Gasteiger charge is -2.03. The summed E-state index contributed by atoms with van der Waals surface area (Å²) in [7, 11) is 0. The van der Waals surface area contributed by atoms with Crippen molar-refractivity contribution < 1.29 is 4.79 Å². The maximum absolute atomic E-state index is 12.4. The predicted molar refractivity (Wildman–Crippen MR) is 124 cm³/mol. The van der Waals surface area contributed by atoms with Gasteiger partial charge in [0.1, 0.15) is 16.4 Å². The lowest BCUT2D eigenvalue weighted by molar-refractivity contribution is 0.0950. The summed E-state index contributed by atoms with van der Waals surface area (Å²) in [5, 5.41) is 18.3. The zero-order valence-corrected chi connectivity index (χ0v) is 18.4. The number of para-hydroxylation sites is 1. The van der Waals surface area contributed by atoms with E-state index in [1.54, 1.807) is 10.9 Å². The number of hydrogen-bond acceptors (Lipinski definition) is 8. The molecule has 2 aromatic carbocycles. The van der Waals surface area contributed by atoms with E-state index in [9.17, 15) is 4.79 Å². The number of carbonyl (C=O) groups excluding carboxylic acids is 1. The molecular formula is C22H17N7OS2. The van der Waals surface area contributed by atoms with Gasteiger partial charge in [-0.15, -0.1) is 10.2 Å². The second-order valence-electron chi connectivity index (χ2n) is 6.77. The molecule has 0 aliphatic carbocycles. The van der Waals surface area contributed by atoms with Crippen LogP contribution in [-0.4, -0.2) is 35.9 Å². The van der Waals surface area contributed by atoms with Crippen LogP contribution in [0.25, 0.3) is 16.7 Å². The molecule has 0 radical (unpaired) electrons. The maximum atomic E-state index is 12.4. The molecule has 0 atom stereocenters. The Balaban J connectivity index is 1.26. The molecule has 1 N–H and O–H groups in total. The van der Waals surface area contributed by atoms with Crippen molar-refractivity contribution in [2.24, 2.45) is 0 Å². The first kappa shape index (κ1) is 20.3. The monoisotopic (exact) mass is 459 g/mol. The molecule has 1 amide bonds. The molecule has 5 rings (SSSR count). The molecule has 5 aromatic rings. The number of fused-ring (bicyclic) bond motifs is 1. The third-order valence-electron chi connectivity index (χ3n) is 4.62. The Morgan fingerprint density at radius 3 is 2.59 bits per heavy atom. The normalized spacial score (nSPS) is 11.0. The fourth-order valence-electron chi connectivity index (χ4n) is 3.08. The number of nitrogens with one attached hydrogen (secondary N) is 1. The standard InChI is InChI=1S/C22H17N7OS2/c30-20(23-11-15-7-3-1-4-8-15)22-28-27-18(32-22)13-31-21-17-12-26-29(19(17)24-14-25-21)16-9-5-2-6-10-16/h1-10,12,14H,11,13H2,(H,23,30). The van der Waals surface area contributed by atoms with Gasteiger partial charge in [0.05, 0.1) is 23.0 Å². The number of benzene rings is 2. The van der Waals surface area contributed by atoms with Crippen LogP contribution >= 0.6 is 23.1 Å². The van der Waals surface area contributed by atoms with Gasteiger partial charge in [-0.1, -0.05) is 71.6 Å². The van der Waals surface area contributed by atoms with Crippen molar-refractivity contribution in [2.45, 2.75) is 17.3 Å². The van der Waals surface area contributed by atoms with Crippen LogP contribution in [0.5, 0.6) is 0 Å². The average molecular weight is 460 g/mol. The van der Waals surface area contributed by atoms with Crippen LogP contribution in [0.4, 0.5) is 0 Å². The Labute approximate surface area is 191 Å². The number of aromatic nitrogens is 6. The molecule has 32 heavy (non-hydrogen) atoms.